The van der Waals surface area contributed by atoms with E-state index >= 15 is 0 Å². The highest BCUT2D eigenvalue weighted by atomic mass is 32.2. The van der Waals surface area contributed by atoms with Crippen molar-refractivity contribution in [3.05, 3.63) is 54.1 Å². The third kappa shape index (κ3) is 5.31. The van der Waals surface area contributed by atoms with Crippen LogP contribution in [0.15, 0.2) is 47.6 Å². The van der Waals surface area contributed by atoms with Crippen LogP contribution in [0.4, 0.5) is 0 Å². The fourth-order valence-electron chi connectivity index (χ4n) is 1.72. The van der Waals surface area contributed by atoms with Crippen LogP contribution in [0.2, 0.25) is 0 Å². The summed E-state index contributed by atoms with van der Waals surface area (Å²) in [5.41, 5.74) is 1.14. The lowest BCUT2D eigenvalue weighted by molar-refractivity contribution is 0.551. The summed E-state index contributed by atoms with van der Waals surface area (Å²) >= 11 is 1.76. The lowest BCUT2D eigenvalue weighted by Gasteiger charge is -2.07. The van der Waals surface area contributed by atoms with Gasteiger partial charge in [-0.3, -0.25) is 0 Å². The number of thioether (sulfide) groups is 1. The maximum atomic E-state index is 4.42. The van der Waals surface area contributed by atoms with Crippen LogP contribution < -0.4 is 5.32 Å². The van der Waals surface area contributed by atoms with Crippen molar-refractivity contribution in [1.82, 2.24) is 15.3 Å². The molecule has 0 radical (unpaired) electrons. The van der Waals surface area contributed by atoms with Gasteiger partial charge in [0.25, 0.3) is 0 Å². The third-order valence-corrected chi connectivity index (χ3v) is 3.76. The molecule has 106 valence electrons. The average molecular weight is 287 g/mol. The minimum atomic E-state index is 0.664. The van der Waals surface area contributed by atoms with E-state index in [-0.39, 0.29) is 0 Å². The van der Waals surface area contributed by atoms with Gasteiger partial charge in [-0.25, -0.2) is 9.97 Å². The van der Waals surface area contributed by atoms with Crippen LogP contribution in [0, 0.1) is 5.92 Å². The van der Waals surface area contributed by atoms with E-state index in [1.165, 1.54) is 4.90 Å². The molecule has 0 unspecified atom stereocenters. The van der Waals surface area contributed by atoms with Gasteiger partial charge in [0.2, 0.25) is 0 Å². The van der Waals surface area contributed by atoms with Gasteiger partial charge in [-0.2, -0.15) is 0 Å². The molecule has 0 amide bonds. The monoisotopic (exact) mass is 287 g/mol. The first-order valence-corrected chi connectivity index (χ1v) is 7.91. The molecule has 0 aliphatic heterocycles. The Morgan fingerprint density at radius 1 is 1.10 bits per heavy atom. The van der Waals surface area contributed by atoms with Gasteiger partial charge >= 0.3 is 0 Å². The van der Waals surface area contributed by atoms with E-state index in [0.717, 1.165) is 30.2 Å². The highest BCUT2D eigenvalue weighted by molar-refractivity contribution is 7.98. The van der Waals surface area contributed by atoms with Gasteiger partial charge in [-0.05, 0) is 24.6 Å². The van der Waals surface area contributed by atoms with Crippen LogP contribution in [0.5, 0.6) is 0 Å². The summed E-state index contributed by atoms with van der Waals surface area (Å²) in [6.45, 7) is 6.26. The van der Waals surface area contributed by atoms with E-state index < -0.39 is 0 Å². The summed E-state index contributed by atoms with van der Waals surface area (Å²) in [6, 6.07) is 10.3. The molecular weight excluding hydrogens is 266 g/mol. The molecule has 1 aromatic carbocycles. The van der Waals surface area contributed by atoms with Gasteiger partial charge in [-0.1, -0.05) is 32.0 Å². The molecule has 0 spiro atoms. The number of aromatic nitrogens is 2. The molecule has 0 aliphatic carbocycles. The maximum absolute atomic E-state index is 4.42. The first-order valence-electron chi connectivity index (χ1n) is 6.92. The van der Waals surface area contributed by atoms with Gasteiger partial charge in [-0.15, -0.1) is 11.8 Å². The predicted octanol–water partition coefficient (Wildman–Crippen LogP) is 3.51. The summed E-state index contributed by atoms with van der Waals surface area (Å²) in [7, 11) is 0. The second-order valence-corrected chi connectivity index (χ2v) is 6.18. The van der Waals surface area contributed by atoms with Gasteiger partial charge in [0.1, 0.15) is 5.82 Å². The standard InChI is InChI=1S/C16H21N3S/c1-13(2)8-17-9-14-10-18-16(19-11-14)12-20-15-6-4-3-5-7-15/h3-7,10-11,13,17H,8-9,12H2,1-2H3. The predicted molar refractivity (Wildman–Crippen MR) is 84.6 cm³/mol. The molecular formula is C16H21N3S. The molecule has 1 N–H and O–H groups in total. The van der Waals surface area contributed by atoms with Crippen molar-refractivity contribution in [1.29, 1.82) is 0 Å². The van der Waals surface area contributed by atoms with E-state index in [1.807, 2.05) is 30.6 Å². The molecule has 0 aliphatic rings. The van der Waals surface area contributed by atoms with Crippen LogP contribution in [0.25, 0.3) is 0 Å². The lowest BCUT2D eigenvalue weighted by Crippen LogP contribution is -2.19. The van der Waals surface area contributed by atoms with Crippen molar-refractivity contribution >= 4 is 11.8 Å². The fraction of sp³-hybridized carbons (Fsp3) is 0.375. The molecule has 0 saturated heterocycles. The molecule has 0 saturated carbocycles. The molecule has 1 heterocycles. The summed E-state index contributed by atoms with van der Waals surface area (Å²) in [6.07, 6.45) is 3.84. The van der Waals surface area contributed by atoms with Crippen LogP contribution in [-0.2, 0) is 12.3 Å². The first-order chi connectivity index (χ1) is 9.74. The van der Waals surface area contributed by atoms with Crippen molar-refractivity contribution in [2.75, 3.05) is 6.54 Å². The molecule has 2 aromatic rings. The summed E-state index contributed by atoms with van der Waals surface area (Å²) < 4.78 is 0. The van der Waals surface area contributed by atoms with E-state index in [1.54, 1.807) is 11.8 Å². The van der Waals surface area contributed by atoms with Crippen LogP contribution in [0.3, 0.4) is 0 Å². The summed E-state index contributed by atoms with van der Waals surface area (Å²) in [5.74, 6) is 2.35. The Morgan fingerprint density at radius 2 is 1.80 bits per heavy atom. The fourth-order valence-corrected chi connectivity index (χ4v) is 2.51. The number of nitrogens with one attached hydrogen (secondary N) is 1. The zero-order valence-electron chi connectivity index (χ0n) is 12.0. The van der Waals surface area contributed by atoms with Crippen molar-refractivity contribution < 1.29 is 0 Å². The Labute approximate surface area is 125 Å². The van der Waals surface area contributed by atoms with Crippen LogP contribution in [-0.4, -0.2) is 16.5 Å². The van der Waals surface area contributed by atoms with Crippen molar-refractivity contribution in [3.63, 3.8) is 0 Å². The summed E-state index contributed by atoms with van der Waals surface area (Å²) in [5, 5.41) is 3.39. The van der Waals surface area contributed by atoms with Gasteiger partial charge in [0.15, 0.2) is 0 Å². The Morgan fingerprint density at radius 3 is 2.45 bits per heavy atom. The van der Waals surface area contributed by atoms with E-state index in [4.69, 9.17) is 0 Å². The van der Waals surface area contributed by atoms with Crippen molar-refractivity contribution in [2.24, 2.45) is 5.92 Å². The normalized spacial score (nSPS) is 10.9. The number of nitrogens with zero attached hydrogens (tertiary/aromatic N) is 2. The second kappa shape index (κ2) is 8.02. The zero-order chi connectivity index (χ0) is 14.2. The molecule has 1 aromatic heterocycles. The molecule has 4 heteroatoms. The Kier molecular flexibility index (Phi) is 6.02. The molecule has 3 nitrogen and oxygen atoms in total. The largest absolute Gasteiger partial charge is 0.312 e. The lowest BCUT2D eigenvalue weighted by atomic mass is 10.2. The maximum Gasteiger partial charge on any atom is 0.138 e. The summed E-state index contributed by atoms with van der Waals surface area (Å²) in [4.78, 5) is 10.1. The van der Waals surface area contributed by atoms with Gasteiger partial charge < -0.3 is 5.32 Å². The zero-order valence-corrected chi connectivity index (χ0v) is 12.9. The van der Waals surface area contributed by atoms with Gasteiger partial charge in [0.05, 0.1) is 5.75 Å². The first kappa shape index (κ1) is 15.0. The Hall–Kier alpha value is -1.39. The highest BCUT2D eigenvalue weighted by Gasteiger charge is 2.00. The number of hydrogen-bond acceptors (Lipinski definition) is 4. The third-order valence-electron chi connectivity index (χ3n) is 2.75. The minimum Gasteiger partial charge on any atom is -0.312 e. The Bertz CT molecular complexity index is 497. The van der Waals surface area contributed by atoms with E-state index in [0.29, 0.717) is 5.92 Å². The molecule has 2 rings (SSSR count). The second-order valence-electron chi connectivity index (χ2n) is 5.13. The SMILES string of the molecule is CC(C)CNCc1cnc(CSc2ccccc2)nc1. The molecule has 0 bridgehead atoms. The van der Waals surface area contributed by atoms with E-state index in [2.05, 4.69) is 41.3 Å². The number of rotatable bonds is 7. The van der Waals surface area contributed by atoms with Crippen LogP contribution >= 0.6 is 11.8 Å². The molecule has 0 fully saturated rings. The van der Waals surface area contributed by atoms with Crippen molar-refractivity contribution in [3.8, 4) is 0 Å². The molecule has 20 heavy (non-hydrogen) atoms. The van der Waals surface area contributed by atoms with Crippen LogP contribution in [0.1, 0.15) is 25.2 Å². The van der Waals surface area contributed by atoms with Crippen molar-refractivity contribution in [2.45, 2.75) is 31.0 Å². The Balaban J connectivity index is 1.79. The smallest absolute Gasteiger partial charge is 0.138 e. The average Bonchev–Trinajstić information content (AvgIpc) is 2.47. The highest BCUT2D eigenvalue weighted by Crippen LogP contribution is 2.20. The topological polar surface area (TPSA) is 37.8 Å². The minimum absolute atomic E-state index is 0.664. The quantitative estimate of drug-likeness (QED) is 0.791. The number of hydrogen-bond donors (Lipinski definition) is 1. The number of benzene rings is 1. The van der Waals surface area contributed by atoms with E-state index in [9.17, 15) is 0 Å². The van der Waals surface area contributed by atoms with Gasteiger partial charge in [0, 0.05) is 29.4 Å². The molecule has 0 atom stereocenters.